The largest absolute Gasteiger partial charge is 0.494 e. The number of benzene rings is 1. The molecule has 1 aromatic carbocycles. The number of hydrogen-bond acceptors (Lipinski definition) is 8. The zero-order chi connectivity index (χ0) is 25.4. The van der Waals surface area contributed by atoms with E-state index in [-0.39, 0.29) is 17.9 Å². The van der Waals surface area contributed by atoms with Crippen molar-refractivity contribution in [1.82, 2.24) is 24.5 Å². The van der Waals surface area contributed by atoms with Gasteiger partial charge in [-0.3, -0.25) is 4.79 Å². The van der Waals surface area contributed by atoms with Crippen LogP contribution in [0.3, 0.4) is 0 Å². The molecule has 186 valence electrons. The Morgan fingerprint density at radius 2 is 1.94 bits per heavy atom. The fourth-order valence-corrected chi connectivity index (χ4v) is 5.84. The van der Waals surface area contributed by atoms with Crippen LogP contribution < -0.4 is 15.8 Å². The molecule has 36 heavy (non-hydrogen) atoms. The Hall–Kier alpha value is -3.49. The SMILES string of the molecule is COc1cccc2sc(NC(=O)C3CCC(n4cnc5c(N)nc(C#C[Si](C)(C)C)nc54)CC3)nc12. The van der Waals surface area contributed by atoms with Gasteiger partial charge in [0.05, 0.1) is 18.1 Å². The lowest BCUT2D eigenvalue weighted by molar-refractivity contribution is -0.120. The topological polar surface area (TPSA) is 121 Å². The number of methoxy groups -OCH3 is 1. The number of rotatable bonds is 4. The normalized spacial score (nSPS) is 18.1. The van der Waals surface area contributed by atoms with Crippen LogP contribution in [0.25, 0.3) is 21.4 Å². The van der Waals surface area contributed by atoms with Gasteiger partial charge in [0.1, 0.15) is 24.9 Å². The van der Waals surface area contributed by atoms with Gasteiger partial charge < -0.3 is 20.4 Å². The number of nitrogens with two attached hydrogens (primary N) is 1. The van der Waals surface area contributed by atoms with Crippen molar-refractivity contribution < 1.29 is 9.53 Å². The molecule has 0 bridgehead atoms. The maximum Gasteiger partial charge on any atom is 0.229 e. The summed E-state index contributed by atoms with van der Waals surface area (Å²) in [7, 11) is 0.0529. The summed E-state index contributed by atoms with van der Waals surface area (Å²) >= 11 is 1.46. The molecule has 1 aliphatic rings. The number of carbonyl (C=O) groups is 1. The molecule has 3 N–H and O–H groups in total. The third kappa shape index (κ3) is 4.92. The van der Waals surface area contributed by atoms with E-state index in [0.717, 1.165) is 35.9 Å². The van der Waals surface area contributed by atoms with E-state index in [4.69, 9.17) is 10.5 Å². The number of nitrogen functional groups attached to an aromatic ring is 1. The second kappa shape index (κ2) is 9.52. The van der Waals surface area contributed by atoms with Crippen LogP contribution in [0, 0.1) is 17.4 Å². The Balaban J connectivity index is 1.28. The molecular formula is C25H29N7O2SSi. The maximum absolute atomic E-state index is 13.0. The van der Waals surface area contributed by atoms with Crippen molar-refractivity contribution >= 4 is 57.6 Å². The minimum Gasteiger partial charge on any atom is -0.494 e. The molecule has 0 saturated heterocycles. The predicted octanol–water partition coefficient (Wildman–Crippen LogP) is 4.63. The summed E-state index contributed by atoms with van der Waals surface area (Å²) in [6.45, 7) is 6.53. The minimum atomic E-state index is -1.57. The van der Waals surface area contributed by atoms with Crippen LogP contribution in [0.2, 0.25) is 19.6 Å². The lowest BCUT2D eigenvalue weighted by Crippen LogP contribution is -2.28. The zero-order valence-corrected chi connectivity index (χ0v) is 22.6. The Morgan fingerprint density at radius 3 is 2.67 bits per heavy atom. The first-order valence-electron chi connectivity index (χ1n) is 12.0. The summed E-state index contributed by atoms with van der Waals surface area (Å²) in [4.78, 5) is 31.1. The van der Waals surface area contributed by atoms with Gasteiger partial charge in [-0.05, 0) is 43.7 Å². The molecule has 1 aliphatic carbocycles. The zero-order valence-electron chi connectivity index (χ0n) is 20.8. The molecule has 1 saturated carbocycles. The summed E-state index contributed by atoms with van der Waals surface area (Å²) in [5, 5.41) is 3.62. The van der Waals surface area contributed by atoms with E-state index >= 15 is 0 Å². The first-order valence-corrected chi connectivity index (χ1v) is 16.3. The van der Waals surface area contributed by atoms with Crippen molar-refractivity contribution in [3.63, 3.8) is 0 Å². The van der Waals surface area contributed by atoms with Crippen molar-refractivity contribution in [2.24, 2.45) is 5.92 Å². The number of ether oxygens (including phenoxy) is 1. The highest BCUT2D eigenvalue weighted by Gasteiger charge is 2.29. The molecule has 0 radical (unpaired) electrons. The number of anilines is 2. The number of amides is 1. The van der Waals surface area contributed by atoms with Gasteiger partial charge in [0.15, 0.2) is 16.6 Å². The van der Waals surface area contributed by atoms with Crippen molar-refractivity contribution in [2.75, 3.05) is 18.2 Å². The number of imidazole rings is 1. The Kier molecular flexibility index (Phi) is 6.40. The highest BCUT2D eigenvalue weighted by Crippen LogP contribution is 2.36. The molecule has 11 heteroatoms. The third-order valence-electron chi connectivity index (χ3n) is 6.29. The Labute approximate surface area is 214 Å². The monoisotopic (exact) mass is 519 g/mol. The van der Waals surface area contributed by atoms with Crippen LogP contribution in [0.1, 0.15) is 37.5 Å². The molecule has 0 aliphatic heterocycles. The van der Waals surface area contributed by atoms with Crippen molar-refractivity contribution in [3.8, 4) is 17.2 Å². The molecule has 1 amide bonds. The van der Waals surface area contributed by atoms with Crippen LogP contribution in [-0.4, -0.2) is 45.6 Å². The van der Waals surface area contributed by atoms with Gasteiger partial charge in [0.25, 0.3) is 0 Å². The number of para-hydroxylation sites is 1. The molecule has 0 spiro atoms. The quantitative estimate of drug-likeness (QED) is 0.298. The van der Waals surface area contributed by atoms with E-state index in [1.807, 2.05) is 18.2 Å². The third-order valence-corrected chi connectivity index (χ3v) is 8.10. The van der Waals surface area contributed by atoms with Gasteiger partial charge in [-0.25, -0.2) is 19.9 Å². The number of aromatic nitrogens is 5. The van der Waals surface area contributed by atoms with Gasteiger partial charge in [0.2, 0.25) is 11.7 Å². The molecule has 0 unspecified atom stereocenters. The summed E-state index contributed by atoms with van der Waals surface area (Å²) in [6.07, 6.45) is 5.01. The molecule has 1 fully saturated rings. The van der Waals surface area contributed by atoms with E-state index in [2.05, 4.69) is 60.9 Å². The van der Waals surface area contributed by atoms with Gasteiger partial charge >= 0.3 is 0 Å². The molecular weight excluding hydrogens is 490 g/mol. The van der Waals surface area contributed by atoms with E-state index in [9.17, 15) is 4.79 Å². The van der Waals surface area contributed by atoms with Crippen LogP contribution in [0.4, 0.5) is 10.9 Å². The first kappa shape index (κ1) is 24.2. The number of carbonyl (C=O) groups excluding carboxylic acids is 1. The maximum atomic E-state index is 13.0. The first-order chi connectivity index (χ1) is 17.2. The van der Waals surface area contributed by atoms with Crippen LogP contribution in [0.5, 0.6) is 5.75 Å². The molecule has 0 atom stereocenters. The Bertz CT molecular complexity index is 1500. The number of nitrogens with zero attached hydrogens (tertiary/aromatic N) is 5. The second-order valence-corrected chi connectivity index (χ2v) is 15.9. The lowest BCUT2D eigenvalue weighted by Gasteiger charge is -2.28. The summed E-state index contributed by atoms with van der Waals surface area (Å²) in [5.74, 6) is 4.53. The van der Waals surface area contributed by atoms with Crippen molar-refractivity contribution in [1.29, 1.82) is 0 Å². The van der Waals surface area contributed by atoms with Crippen LogP contribution >= 0.6 is 11.3 Å². The molecule has 4 aromatic rings. The Morgan fingerprint density at radius 1 is 1.17 bits per heavy atom. The van der Waals surface area contributed by atoms with Crippen molar-refractivity contribution in [3.05, 3.63) is 30.4 Å². The fraction of sp³-hybridized carbons (Fsp3) is 0.400. The molecule has 9 nitrogen and oxygen atoms in total. The van der Waals surface area contributed by atoms with Crippen LogP contribution in [0.15, 0.2) is 24.5 Å². The second-order valence-electron chi connectivity index (χ2n) is 10.1. The van der Waals surface area contributed by atoms with Gasteiger partial charge in [-0.2, -0.15) is 0 Å². The van der Waals surface area contributed by atoms with Gasteiger partial charge in [-0.15, -0.1) is 5.54 Å². The fourth-order valence-electron chi connectivity index (χ4n) is 4.47. The van der Waals surface area contributed by atoms with Gasteiger partial charge in [0, 0.05) is 12.0 Å². The van der Waals surface area contributed by atoms with E-state index in [0.29, 0.717) is 33.7 Å². The summed E-state index contributed by atoms with van der Waals surface area (Å²) < 4.78 is 8.44. The highest BCUT2D eigenvalue weighted by molar-refractivity contribution is 7.22. The van der Waals surface area contributed by atoms with E-state index < -0.39 is 8.07 Å². The average Bonchev–Trinajstić information content (AvgIpc) is 3.46. The average molecular weight is 520 g/mol. The smallest absolute Gasteiger partial charge is 0.229 e. The van der Waals surface area contributed by atoms with E-state index in [1.165, 1.54) is 11.3 Å². The number of nitrogens with one attached hydrogen (secondary N) is 1. The molecule has 3 heterocycles. The minimum absolute atomic E-state index is 0.0115. The highest BCUT2D eigenvalue weighted by atomic mass is 32.1. The molecule has 5 rings (SSSR count). The molecule has 3 aromatic heterocycles. The number of fused-ring (bicyclic) bond motifs is 2. The van der Waals surface area contributed by atoms with Crippen molar-refractivity contribution in [2.45, 2.75) is 51.4 Å². The lowest BCUT2D eigenvalue weighted by atomic mass is 9.85. The van der Waals surface area contributed by atoms with E-state index in [1.54, 1.807) is 13.4 Å². The summed E-state index contributed by atoms with van der Waals surface area (Å²) in [5.41, 5.74) is 11.5. The summed E-state index contributed by atoms with van der Waals surface area (Å²) in [6, 6.07) is 5.96. The van der Waals surface area contributed by atoms with Crippen LogP contribution in [-0.2, 0) is 4.79 Å². The van der Waals surface area contributed by atoms with Gasteiger partial charge in [-0.1, -0.05) is 37.0 Å². The number of thiazole rings is 1. The predicted molar refractivity (Wildman–Crippen MR) is 146 cm³/mol. The number of hydrogen-bond donors (Lipinski definition) is 2. The standard InChI is InChI=1S/C25H29N7O2SSi/c1-34-17-6-5-7-18-20(17)30-25(35-18)31-24(33)15-8-10-16(11-9-15)32-14-27-21-22(26)28-19(29-23(21)32)12-13-36(2,3)4/h5-7,14-16H,8-11H2,1-4H3,(H2,26,28,29)(H,30,31,33).